The van der Waals surface area contributed by atoms with Gasteiger partial charge in [0.2, 0.25) is 10.0 Å². The molecule has 1 N–H and O–H groups in total. The van der Waals surface area contributed by atoms with Crippen molar-refractivity contribution in [3.63, 3.8) is 0 Å². The molecule has 0 radical (unpaired) electrons. The van der Waals surface area contributed by atoms with Crippen LogP contribution in [-0.4, -0.2) is 32.9 Å². The van der Waals surface area contributed by atoms with Crippen molar-refractivity contribution in [3.05, 3.63) is 28.0 Å². The molecular weight excluding hydrogens is 268 g/mol. The zero-order valence-electron chi connectivity index (χ0n) is 10.6. The van der Waals surface area contributed by atoms with E-state index in [1.54, 1.807) is 15.8 Å². The van der Waals surface area contributed by atoms with E-state index >= 15 is 0 Å². The highest BCUT2D eigenvalue weighted by atomic mass is 32.2. The molecule has 1 aliphatic rings. The molecule has 6 heteroatoms. The van der Waals surface area contributed by atoms with E-state index in [0.29, 0.717) is 24.5 Å². The summed E-state index contributed by atoms with van der Waals surface area (Å²) in [6.45, 7) is 3.78. The maximum absolute atomic E-state index is 12.4. The first kappa shape index (κ1) is 13.7. The lowest BCUT2D eigenvalue weighted by molar-refractivity contribution is 0.428. The SMILES string of the molecule is CNCc1cc(S(=O)(=O)N2CCC=C(C)C2)cs1. The predicted octanol–water partition coefficient (Wildman–Crippen LogP) is 1.81. The Labute approximate surface area is 112 Å². The van der Waals surface area contributed by atoms with E-state index in [0.717, 1.165) is 16.9 Å². The minimum Gasteiger partial charge on any atom is -0.315 e. The molecule has 4 nitrogen and oxygen atoms in total. The lowest BCUT2D eigenvalue weighted by Crippen LogP contribution is -2.35. The monoisotopic (exact) mass is 286 g/mol. The fraction of sp³-hybridized carbons (Fsp3) is 0.500. The van der Waals surface area contributed by atoms with Crippen molar-refractivity contribution >= 4 is 21.4 Å². The van der Waals surface area contributed by atoms with Gasteiger partial charge in [-0.25, -0.2) is 8.42 Å². The van der Waals surface area contributed by atoms with E-state index in [2.05, 4.69) is 11.4 Å². The Bertz CT molecular complexity index is 546. The van der Waals surface area contributed by atoms with E-state index < -0.39 is 10.0 Å². The summed E-state index contributed by atoms with van der Waals surface area (Å²) in [5.41, 5.74) is 1.12. The Balaban J connectivity index is 2.22. The largest absolute Gasteiger partial charge is 0.315 e. The zero-order chi connectivity index (χ0) is 13.2. The number of nitrogens with zero attached hydrogens (tertiary/aromatic N) is 1. The molecule has 0 spiro atoms. The molecule has 0 saturated carbocycles. The van der Waals surface area contributed by atoms with Gasteiger partial charge in [-0.15, -0.1) is 11.3 Å². The van der Waals surface area contributed by atoms with E-state index in [4.69, 9.17) is 0 Å². The molecule has 0 fully saturated rings. The van der Waals surface area contributed by atoms with Crippen molar-refractivity contribution < 1.29 is 8.42 Å². The Morgan fingerprint density at radius 3 is 2.94 bits per heavy atom. The minimum atomic E-state index is -3.32. The summed E-state index contributed by atoms with van der Waals surface area (Å²) in [4.78, 5) is 1.47. The van der Waals surface area contributed by atoms with Crippen molar-refractivity contribution in [1.29, 1.82) is 0 Å². The van der Waals surface area contributed by atoms with Gasteiger partial charge in [0, 0.05) is 29.9 Å². The summed E-state index contributed by atoms with van der Waals surface area (Å²) in [7, 11) is -1.46. The molecule has 100 valence electrons. The van der Waals surface area contributed by atoms with Crippen molar-refractivity contribution in [2.75, 3.05) is 20.1 Å². The molecule has 0 saturated heterocycles. The zero-order valence-corrected chi connectivity index (χ0v) is 12.3. The Morgan fingerprint density at radius 1 is 1.50 bits per heavy atom. The van der Waals surface area contributed by atoms with Gasteiger partial charge < -0.3 is 5.32 Å². The van der Waals surface area contributed by atoms with Gasteiger partial charge in [-0.1, -0.05) is 11.6 Å². The molecule has 18 heavy (non-hydrogen) atoms. The Morgan fingerprint density at radius 2 is 2.28 bits per heavy atom. The third-order valence-corrected chi connectivity index (χ3v) is 5.82. The normalized spacial score (nSPS) is 17.8. The van der Waals surface area contributed by atoms with Crippen LogP contribution in [0.2, 0.25) is 0 Å². The molecule has 0 aliphatic carbocycles. The Hall–Kier alpha value is -0.690. The molecular formula is C12H18N2O2S2. The highest BCUT2D eigenvalue weighted by Crippen LogP contribution is 2.24. The summed E-state index contributed by atoms with van der Waals surface area (Å²) in [6, 6.07) is 1.77. The van der Waals surface area contributed by atoms with Crippen molar-refractivity contribution in [1.82, 2.24) is 9.62 Å². The van der Waals surface area contributed by atoms with Crippen molar-refractivity contribution in [3.8, 4) is 0 Å². The molecule has 1 aliphatic heterocycles. The number of hydrogen-bond donors (Lipinski definition) is 1. The van der Waals surface area contributed by atoms with E-state index in [-0.39, 0.29) is 0 Å². The number of nitrogens with one attached hydrogen (secondary N) is 1. The van der Waals surface area contributed by atoms with Gasteiger partial charge in [-0.3, -0.25) is 0 Å². The van der Waals surface area contributed by atoms with Crippen LogP contribution in [0, 0.1) is 0 Å². The lowest BCUT2D eigenvalue weighted by Gasteiger charge is -2.24. The summed E-state index contributed by atoms with van der Waals surface area (Å²) in [5.74, 6) is 0. The smallest absolute Gasteiger partial charge is 0.244 e. The van der Waals surface area contributed by atoms with Crippen LogP contribution < -0.4 is 5.32 Å². The summed E-state index contributed by atoms with van der Waals surface area (Å²) < 4.78 is 26.4. The maximum Gasteiger partial charge on any atom is 0.244 e. The highest BCUT2D eigenvalue weighted by molar-refractivity contribution is 7.89. The summed E-state index contributed by atoms with van der Waals surface area (Å²) in [6.07, 6.45) is 2.91. The highest BCUT2D eigenvalue weighted by Gasteiger charge is 2.26. The average molecular weight is 286 g/mol. The minimum absolute atomic E-state index is 0.424. The third-order valence-electron chi connectivity index (χ3n) is 2.92. The number of sulfonamides is 1. The number of thiophene rings is 1. The third kappa shape index (κ3) is 2.83. The molecule has 2 heterocycles. The van der Waals surface area contributed by atoms with Crippen molar-refractivity contribution in [2.45, 2.75) is 24.8 Å². The van der Waals surface area contributed by atoms with Crippen LogP contribution in [0.4, 0.5) is 0 Å². The number of rotatable bonds is 4. The molecule has 2 rings (SSSR count). The van der Waals surface area contributed by atoms with Crippen LogP contribution in [0.5, 0.6) is 0 Å². The van der Waals surface area contributed by atoms with E-state index in [9.17, 15) is 8.42 Å². The van der Waals surface area contributed by atoms with Crippen LogP contribution in [0.15, 0.2) is 28.0 Å². The van der Waals surface area contributed by atoms with E-state index in [1.165, 1.54) is 11.3 Å². The van der Waals surface area contributed by atoms with Gasteiger partial charge in [0.15, 0.2) is 0 Å². The van der Waals surface area contributed by atoms with Gasteiger partial charge >= 0.3 is 0 Å². The summed E-state index contributed by atoms with van der Waals surface area (Å²) in [5, 5.41) is 4.76. The molecule has 1 aromatic heterocycles. The van der Waals surface area contributed by atoms with Crippen LogP contribution >= 0.6 is 11.3 Å². The fourth-order valence-corrected chi connectivity index (χ4v) is 4.77. The second-order valence-electron chi connectivity index (χ2n) is 4.46. The van der Waals surface area contributed by atoms with Gasteiger partial charge in [-0.2, -0.15) is 4.31 Å². The fourth-order valence-electron chi connectivity index (χ4n) is 1.99. The molecule has 0 amide bonds. The standard InChI is InChI=1S/C12H18N2O2S2/c1-10-4-3-5-14(8-10)18(15,16)12-6-11(7-13-2)17-9-12/h4,6,9,13H,3,5,7-8H2,1-2H3. The van der Waals surface area contributed by atoms with Gasteiger partial charge in [-0.05, 0) is 26.5 Å². The summed E-state index contributed by atoms with van der Waals surface area (Å²) >= 11 is 1.48. The van der Waals surface area contributed by atoms with Crippen LogP contribution in [0.25, 0.3) is 0 Å². The van der Waals surface area contributed by atoms with Crippen LogP contribution in [0.1, 0.15) is 18.2 Å². The quantitative estimate of drug-likeness (QED) is 0.859. The van der Waals surface area contributed by atoms with Crippen LogP contribution in [-0.2, 0) is 16.6 Å². The number of hydrogen-bond acceptors (Lipinski definition) is 4. The molecule has 0 unspecified atom stereocenters. The van der Waals surface area contributed by atoms with Gasteiger partial charge in [0.1, 0.15) is 0 Å². The topological polar surface area (TPSA) is 49.4 Å². The van der Waals surface area contributed by atoms with Gasteiger partial charge in [0.05, 0.1) is 4.90 Å². The van der Waals surface area contributed by atoms with Crippen LogP contribution in [0.3, 0.4) is 0 Å². The predicted molar refractivity (Wildman–Crippen MR) is 74.2 cm³/mol. The first-order chi connectivity index (χ1) is 8.54. The first-order valence-corrected chi connectivity index (χ1v) is 8.24. The van der Waals surface area contributed by atoms with Crippen molar-refractivity contribution in [2.24, 2.45) is 0 Å². The maximum atomic E-state index is 12.4. The van der Waals surface area contributed by atoms with Gasteiger partial charge in [0.25, 0.3) is 0 Å². The molecule has 0 bridgehead atoms. The molecule has 0 atom stereocenters. The molecule has 0 aromatic carbocycles. The second-order valence-corrected chi connectivity index (χ2v) is 7.39. The first-order valence-electron chi connectivity index (χ1n) is 5.92. The van der Waals surface area contributed by atoms with E-state index in [1.807, 2.05) is 14.0 Å². The Kier molecular flexibility index (Phi) is 4.21. The molecule has 1 aromatic rings. The average Bonchev–Trinajstić information content (AvgIpc) is 2.79. The lowest BCUT2D eigenvalue weighted by atomic mass is 10.2. The second kappa shape index (κ2) is 5.52.